The van der Waals surface area contributed by atoms with Crippen LogP contribution in [0.2, 0.25) is 0 Å². The molecule has 0 aliphatic carbocycles. The van der Waals surface area contributed by atoms with Crippen LogP contribution < -0.4 is 10.2 Å². The van der Waals surface area contributed by atoms with Crippen LogP contribution in [0.4, 0.5) is 5.69 Å². The van der Waals surface area contributed by atoms with Gasteiger partial charge in [-0.25, -0.2) is 0 Å². The van der Waals surface area contributed by atoms with E-state index in [0.717, 1.165) is 11.1 Å². The van der Waals surface area contributed by atoms with Gasteiger partial charge in [0.2, 0.25) is 5.91 Å². The molecule has 2 aromatic carbocycles. The molecule has 0 saturated heterocycles. The molecule has 1 N–H and O–H groups in total. The van der Waals surface area contributed by atoms with Crippen molar-refractivity contribution >= 4 is 22.4 Å². The first-order valence-electron chi connectivity index (χ1n) is 6.03. The lowest BCUT2D eigenvalue weighted by atomic mass is 10.1. The Morgan fingerprint density at radius 1 is 1.17 bits per heavy atom. The van der Waals surface area contributed by atoms with Crippen molar-refractivity contribution in [3.63, 3.8) is 0 Å². The highest BCUT2D eigenvalue weighted by Crippen LogP contribution is 2.22. The maximum Gasteiger partial charge on any atom is 0.240 e. The van der Waals surface area contributed by atoms with Crippen LogP contribution in [0.5, 0.6) is 0 Å². The van der Waals surface area contributed by atoms with Crippen LogP contribution in [-0.2, 0) is 4.79 Å². The molecule has 0 saturated carbocycles. The first-order valence-corrected chi connectivity index (χ1v) is 6.03. The molecule has 1 amide bonds. The number of nitrogens with zero attached hydrogens (tertiary/aromatic N) is 1. The van der Waals surface area contributed by atoms with E-state index in [1.54, 1.807) is 19.0 Å². The van der Waals surface area contributed by atoms with E-state index in [1.807, 2.05) is 12.1 Å². The zero-order valence-corrected chi connectivity index (χ0v) is 11.0. The van der Waals surface area contributed by atoms with E-state index in [9.17, 15) is 4.79 Å². The molecule has 0 radical (unpaired) electrons. The summed E-state index contributed by atoms with van der Waals surface area (Å²) in [5.41, 5.74) is 2.17. The van der Waals surface area contributed by atoms with Gasteiger partial charge in [-0.1, -0.05) is 29.8 Å². The summed E-state index contributed by atoms with van der Waals surface area (Å²) in [6.07, 6.45) is 0. The molecule has 0 heterocycles. The number of likely N-dealkylation sites (N-methyl/N-ethyl adjacent to an activating group) is 2. The fourth-order valence-corrected chi connectivity index (χ4v) is 1.97. The number of hydrogen-bond acceptors (Lipinski definition) is 2. The molecule has 18 heavy (non-hydrogen) atoms. The minimum absolute atomic E-state index is 0.0592. The molecule has 0 unspecified atom stereocenters. The minimum Gasteiger partial charge on any atom is -0.314 e. The van der Waals surface area contributed by atoms with Gasteiger partial charge in [-0.3, -0.25) is 4.79 Å². The molecule has 0 bridgehead atoms. The van der Waals surface area contributed by atoms with E-state index in [4.69, 9.17) is 0 Å². The molecule has 2 aromatic rings. The molecule has 0 aliphatic heterocycles. The van der Waals surface area contributed by atoms with Crippen LogP contribution in [-0.4, -0.2) is 26.5 Å². The Labute approximate surface area is 107 Å². The second-order valence-corrected chi connectivity index (χ2v) is 4.52. The molecule has 0 aliphatic rings. The van der Waals surface area contributed by atoms with E-state index < -0.39 is 0 Å². The average molecular weight is 242 g/mol. The molecular weight excluding hydrogens is 224 g/mol. The van der Waals surface area contributed by atoms with Crippen LogP contribution in [0.25, 0.3) is 10.8 Å². The lowest BCUT2D eigenvalue weighted by molar-refractivity contribution is -0.117. The summed E-state index contributed by atoms with van der Waals surface area (Å²) < 4.78 is 0. The Morgan fingerprint density at radius 2 is 1.83 bits per heavy atom. The summed E-state index contributed by atoms with van der Waals surface area (Å²) in [7, 11) is 3.57. The predicted molar refractivity (Wildman–Crippen MR) is 76.0 cm³/mol. The molecule has 2 rings (SSSR count). The average Bonchev–Trinajstić information content (AvgIpc) is 2.37. The third kappa shape index (κ3) is 2.51. The third-order valence-electron chi connectivity index (χ3n) is 3.07. The van der Waals surface area contributed by atoms with Gasteiger partial charge in [-0.05, 0) is 36.9 Å². The molecule has 0 fully saturated rings. The summed E-state index contributed by atoms with van der Waals surface area (Å²) in [5, 5.41) is 5.23. The van der Waals surface area contributed by atoms with E-state index >= 15 is 0 Å². The highest BCUT2D eigenvalue weighted by atomic mass is 16.2. The highest BCUT2D eigenvalue weighted by Gasteiger charge is 2.09. The fraction of sp³-hybridized carbons (Fsp3) is 0.267. The number of nitrogens with one attached hydrogen (secondary N) is 1. The largest absolute Gasteiger partial charge is 0.314 e. The molecular formula is C15H18N2O. The number of amides is 1. The molecule has 94 valence electrons. The standard InChI is InChI=1S/C15H18N2O/c1-11-4-5-13-9-14(7-6-12(13)8-11)17(3)15(18)10-16-2/h4-9,16H,10H2,1-3H3. The molecule has 3 heteroatoms. The van der Waals surface area contributed by atoms with E-state index in [-0.39, 0.29) is 5.91 Å². The van der Waals surface area contributed by atoms with E-state index in [2.05, 4.69) is 36.5 Å². The normalized spacial score (nSPS) is 10.6. The van der Waals surface area contributed by atoms with Gasteiger partial charge >= 0.3 is 0 Å². The van der Waals surface area contributed by atoms with Gasteiger partial charge in [-0.15, -0.1) is 0 Å². The highest BCUT2D eigenvalue weighted by molar-refractivity contribution is 5.97. The quantitative estimate of drug-likeness (QED) is 0.896. The number of carbonyl (C=O) groups is 1. The molecule has 3 nitrogen and oxygen atoms in total. The number of carbonyl (C=O) groups excluding carboxylic acids is 1. The van der Waals surface area contributed by atoms with Crippen LogP contribution in [0.1, 0.15) is 5.56 Å². The SMILES string of the molecule is CNCC(=O)N(C)c1ccc2cc(C)ccc2c1. The van der Waals surface area contributed by atoms with Gasteiger partial charge < -0.3 is 10.2 Å². The van der Waals surface area contributed by atoms with Crippen molar-refractivity contribution in [1.82, 2.24) is 5.32 Å². The Morgan fingerprint density at radius 3 is 2.56 bits per heavy atom. The van der Waals surface area contributed by atoms with Crippen molar-refractivity contribution in [2.45, 2.75) is 6.92 Å². The second kappa shape index (κ2) is 5.19. The Balaban J connectivity index is 2.35. The fourth-order valence-electron chi connectivity index (χ4n) is 1.97. The van der Waals surface area contributed by atoms with Gasteiger partial charge in [0.15, 0.2) is 0 Å². The topological polar surface area (TPSA) is 32.3 Å². The number of rotatable bonds is 3. The summed E-state index contributed by atoms with van der Waals surface area (Å²) >= 11 is 0. The van der Waals surface area contributed by atoms with Gasteiger partial charge in [0, 0.05) is 12.7 Å². The number of benzene rings is 2. The van der Waals surface area contributed by atoms with Crippen molar-refractivity contribution in [3.05, 3.63) is 42.0 Å². The van der Waals surface area contributed by atoms with Gasteiger partial charge in [0.1, 0.15) is 0 Å². The summed E-state index contributed by atoms with van der Waals surface area (Å²) in [5.74, 6) is 0.0592. The third-order valence-corrected chi connectivity index (χ3v) is 3.07. The Kier molecular flexibility index (Phi) is 3.63. The van der Waals surface area contributed by atoms with Gasteiger partial charge in [0.25, 0.3) is 0 Å². The smallest absolute Gasteiger partial charge is 0.240 e. The van der Waals surface area contributed by atoms with Crippen LogP contribution in [0.15, 0.2) is 36.4 Å². The molecule has 0 spiro atoms. The number of fused-ring (bicyclic) bond motifs is 1. The Hall–Kier alpha value is -1.87. The first-order chi connectivity index (χ1) is 8.61. The number of aryl methyl sites for hydroxylation is 1. The van der Waals surface area contributed by atoms with Crippen LogP contribution >= 0.6 is 0 Å². The molecule has 0 atom stereocenters. The summed E-state index contributed by atoms with van der Waals surface area (Å²) in [4.78, 5) is 13.5. The van der Waals surface area contributed by atoms with Crippen molar-refractivity contribution in [2.75, 3.05) is 25.5 Å². The maximum absolute atomic E-state index is 11.8. The summed E-state index contributed by atoms with van der Waals surface area (Å²) in [6.45, 7) is 2.43. The van der Waals surface area contributed by atoms with E-state index in [1.165, 1.54) is 10.9 Å². The first kappa shape index (κ1) is 12.6. The lowest BCUT2D eigenvalue weighted by Crippen LogP contribution is -2.34. The van der Waals surface area contributed by atoms with Crippen molar-refractivity contribution in [1.29, 1.82) is 0 Å². The predicted octanol–water partition coefficient (Wildman–Crippen LogP) is 2.33. The zero-order chi connectivity index (χ0) is 13.1. The number of anilines is 1. The van der Waals surface area contributed by atoms with Gasteiger partial charge in [-0.2, -0.15) is 0 Å². The zero-order valence-electron chi connectivity index (χ0n) is 11.0. The van der Waals surface area contributed by atoms with Crippen LogP contribution in [0.3, 0.4) is 0 Å². The maximum atomic E-state index is 11.8. The van der Waals surface area contributed by atoms with E-state index in [0.29, 0.717) is 6.54 Å². The summed E-state index contributed by atoms with van der Waals surface area (Å²) in [6, 6.07) is 12.4. The molecule has 0 aromatic heterocycles. The van der Waals surface area contributed by atoms with Crippen molar-refractivity contribution in [3.8, 4) is 0 Å². The number of hydrogen-bond donors (Lipinski definition) is 1. The monoisotopic (exact) mass is 242 g/mol. The van der Waals surface area contributed by atoms with Crippen molar-refractivity contribution in [2.24, 2.45) is 0 Å². The van der Waals surface area contributed by atoms with Crippen LogP contribution in [0, 0.1) is 6.92 Å². The lowest BCUT2D eigenvalue weighted by Gasteiger charge is -2.17. The Bertz CT molecular complexity index is 578. The minimum atomic E-state index is 0.0592. The van der Waals surface area contributed by atoms with Crippen molar-refractivity contribution < 1.29 is 4.79 Å². The second-order valence-electron chi connectivity index (χ2n) is 4.52. The van der Waals surface area contributed by atoms with Gasteiger partial charge in [0.05, 0.1) is 6.54 Å².